The first-order chi connectivity index (χ1) is 12.4. The quantitative estimate of drug-likeness (QED) is 0.913. The number of carbonyl (C=O) groups is 1. The molecule has 2 aromatic rings. The van der Waals surface area contributed by atoms with Crippen LogP contribution >= 0.6 is 0 Å². The maximum absolute atomic E-state index is 12.5. The molecule has 0 spiro atoms. The number of hydrogen-bond donors (Lipinski definition) is 1. The van der Waals surface area contributed by atoms with E-state index in [1.165, 1.54) is 0 Å². The Labute approximate surface area is 154 Å². The molecule has 26 heavy (non-hydrogen) atoms. The summed E-state index contributed by atoms with van der Waals surface area (Å²) in [4.78, 5) is 23.5. The zero-order valence-electron chi connectivity index (χ0n) is 15.8. The molecule has 6 heteroatoms. The van der Waals surface area contributed by atoms with Gasteiger partial charge >= 0.3 is 0 Å². The lowest BCUT2D eigenvalue weighted by atomic mass is 10.1. The van der Waals surface area contributed by atoms with Gasteiger partial charge < -0.3 is 15.0 Å². The number of piperazine rings is 1. The smallest absolute Gasteiger partial charge is 0.260 e. The van der Waals surface area contributed by atoms with Gasteiger partial charge in [0.25, 0.3) is 5.91 Å². The summed E-state index contributed by atoms with van der Waals surface area (Å²) in [7, 11) is 0. The molecule has 0 bridgehead atoms. The van der Waals surface area contributed by atoms with Crippen LogP contribution in [0.3, 0.4) is 0 Å². The molecule has 0 aliphatic carbocycles. The molecule has 0 radical (unpaired) electrons. The van der Waals surface area contributed by atoms with Crippen LogP contribution in [-0.4, -0.2) is 52.6 Å². The van der Waals surface area contributed by atoms with Gasteiger partial charge in [-0.05, 0) is 27.7 Å². The van der Waals surface area contributed by atoms with Crippen LogP contribution in [0, 0.1) is 13.8 Å². The maximum atomic E-state index is 12.5. The second-order valence-electron chi connectivity index (χ2n) is 6.98. The standard InChI is InChI=1S/C20H26N4O2/c1-13-10-24(11-14(2)21-13)18(25)12-26-20-15(3)16(4)22-19(23-20)17-8-6-5-7-9-17/h5-9,13-14,21H,10-12H2,1-4H3. The van der Waals surface area contributed by atoms with Gasteiger partial charge in [0.1, 0.15) is 0 Å². The topological polar surface area (TPSA) is 67.4 Å². The molecular weight excluding hydrogens is 328 g/mol. The van der Waals surface area contributed by atoms with E-state index in [0.717, 1.165) is 16.8 Å². The Morgan fingerprint density at radius 2 is 1.81 bits per heavy atom. The summed E-state index contributed by atoms with van der Waals surface area (Å²) in [5.74, 6) is 1.07. The average Bonchev–Trinajstić information content (AvgIpc) is 2.62. The lowest BCUT2D eigenvalue weighted by Crippen LogP contribution is -2.56. The number of nitrogens with one attached hydrogen (secondary N) is 1. The lowest BCUT2D eigenvalue weighted by Gasteiger charge is -2.36. The van der Waals surface area contributed by atoms with Gasteiger partial charge in [0.15, 0.2) is 12.4 Å². The van der Waals surface area contributed by atoms with E-state index in [1.807, 2.05) is 49.1 Å². The number of amides is 1. The van der Waals surface area contributed by atoms with E-state index in [0.29, 0.717) is 24.8 Å². The molecule has 138 valence electrons. The van der Waals surface area contributed by atoms with Crippen LogP contribution in [-0.2, 0) is 4.79 Å². The third-order valence-corrected chi connectivity index (χ3v) is 4.62. The largest absolute Gasteiger partial charge is 0.467 e. The number of ether oxygens (including phenoxy) is 1. The Bertz CT molecular complexity index is 769. The van der Waals surface area contributed by atoms with E-state index >= 15 is 0 Å². The van der Waals surface area contributed by atoms with E-state index in [9.17, 15) is 4.79 Å². The Morgan fingerprint density at radius 3 is 2.46 bits per heavy atom. The third-order valence-electron chi connectivity index (χ3n) is 4.62. The number of nitrogens with zero attached hydrogens (tertiary/aromatic N) is 3. The molecule has 6 nitrogen and oxygen atoms in total. The molecule has 0 saturated carbocycles. The Balaban J connectivity index is 1.73. The summed E-state index contributed by atoms with van der Waals surface area (Å²) in [6.45, 7) is 9.40. The molecule has 1 N–H and O–H groups in total. The van der Waals surface area contributed by atoms with Crippen molar-refractivity contribution in [1.82, 2.24) is 20.2 Å². The van der Waals surface area contributed by atoms with Crippen molar-refractivity contribution in [1.29, 1.82) is 0 Å². The van der Waals surface area contributed by atoms with Crippen LogP contribution in [0.2, 0.25) is 0 Å². The average molecular weight is 354 g/mol. The van der Waals surface area contributed by atoms with Gasteiger partial charge in [-0.15, -0.1) is 0 Å². The Kier molecular flexibility index (Phi) is 5.52. The Hall–Kier alpha value is -2.47. The molecular formula is C20H26N4O2. The summed E-state index contributed by atoms with van der Waals surface area (Å²) in [6, 6.07) is 10.3. The van der Waals surface area contributed by atoms with Crippen molar-refractivity contribution in [2.24, 2.45) is 0 Å². The molecule has 1 fully saturated rings. The third kappa shape index (κ3) is 4.19. The molecule has 1 aliphatic heterocycles. The summed E-state index contributed by atoms with van der Waals surface area (Å²) >= 11 is 0. The first-order valence-electron chi connectivity index (χ1n) is 9.01. The van der Waals surface area contributed by atoms with Crippen molar-refractivity contribution in [3.63, 3.8) is 0 Å². The SMILES string of the molecule is Cc1nc(-c2ccccc2)nc(OCC(=O)N2CC(C)NC(C)C2)c1C. The number of rotatable bonds is 4. The highest BCUT2D eigenvalue weighted by Gasteiger charge is 2.25. The molecule has 3 rings (SSSR count). The van der Waals surface area contributed by atoms with E-state index in [1.54, 1.807) is 0 Å². The number of aromatic nitrogens is 2. The molecule has 2 atom stereocenters. The highest BCUT2D eigenvalue weighted by Crippen LogP contribution is 2.23. The van der Waals surface area contributed by atoms with Crippen molar-refractivity contribution in [3.05, 3.63) is 41.6 Å². The van der Waals surface area contributed by atoms with E-state index in [2.05, 4.69) is 29.1 Å². The predicted octanol–water partition coefficient (Wildman–Crippen LogP) is 2.35. The molecule has 1 saturated heterocycles. The normalized spacial score (nSPS) is 20.1. The van der Waals surface area contributed by atoms with Crippen LogP contribution in [0.4, 0.5) is 0 Å². The van der Waals surface area contributed by atoms with Crippen molar-refractivity contribution in [3.8, 4) is 17.3 Å². The predicted molar refractivity (Wildman–Crippen MR) is 101 cm³/mol. The monoisotopic (exact) mass is 354 g/mol. The fourth-order valence-corrected chi connectivity index (χ4v) is 3.21. The highest BCUT2D eigenvalue weighted by molar-refractivity contribution is 5.78. The lowest BCUT2D eigenvalue weighted by molar-refractivity contribution is -0.135. The molecule has 2 unspecified atom stereocenters. The van der Waals surface area contributed by atoms with Gasteiger partial charge in [0, 0.05) is 42.0 Å². The highest BCUT2D eigenvalue weighted by atomic mass is 16.5. The summed E-state index contributed by atoms with van der Waals surface area (Å²) in [6.07, 6.45) is 0. The zero-order chi connectivity index (χ0) is 18.7. The number of aryl methyl sites for hydroxylation is 1. The molecule has 1 aromatic carbocycles. The van der Waals surface area contributed by atoms with Crippen molar-refractivity contribution in [2.45, 2.75) is 39.8 Å². The minimum Gasteiger partial charge on any atom is -0.467 e. The summed E-state index contributed by atoms with van der Waals surface area (Å²) in [5.41, 5.74) is 2.64. The summed E-state index contributed by atoms with van der Waals surface area (Å²) in [5, 5.41) is 3.42. The second kappa shape index (κ2) is 7.83. The minimum atomic E-state index is -0.0119. The maximum Gasteiger partial charge on any atom is 0.260 e. The van der Waals surface area contributed by atoms with Gasteiger partial charge in [0.2, 0.25) is 5.88 Å². The van der Waals surface area contributed by atoms with Gasteiger partial charge in [-0.3, -0.25) is 4.79 Å². The van der Waals surface area contributed by atoms with E-state index in [4.69, 9.17) is 4.74 Å². The Morgan fingerprint density at radius 1 is 1.15 bits per heavy atom. The molecule has 1 amide bonds. The first kappa shape index (κ1) is 18.3. The molecule has 1 aliphatic rings. The van der Waals surface area contributed by atoms with Crippen LogP contribution in [0.15, 0.2) is 30.3 Å². The molecule has 1 aromatic heterocycles. The van der Waals surface area contributed by atoms with Crippen LogP contribution in [0.25, 0.3) is 11.4 Å². The minimum absolute atomic E-state index is 0.00897. The van der Waals surface area contributed by atoms with Crippen molar-refractivity contribution >= 4 is 5.91 Å². The summed E-state index contributed by atoms with van der Waals surface area (Å²) < 4.78 is 5.80. The number of hydrogen-bond acceptors (Lipinski definition) is 5. The van der Waals surface area contributed by atoms with Crippen molar-refractivity contribution < 1.29 is 9.53 Å². The zero-order valence-corrected chi connectivity index (χ0v) is 15.8. The second-order valence-corrected chi connectivity index (χ2v) is 6.98. The van der Waals surface area contributed by atoms with E-state index < -0.39 is 0 Å². The van der Waals surface area contributed by atoms with Gasteiger partial charge in [0.05, 0.1) is 0 Å². The van der Waals surface area contributed by atoms with Crippen LogP contribution < -0.4 is 10.1 Å². The van der Waals surface area contributed by atoms with Gasteiger partial charge in [-0.25, -0.2) is 4.98 Å². The van der Waals surface area contributed by atoms with Crippen molar-refractivity contribution in [2.75, 3.05) is 19.7 Å². The fourth-order valence-electron chi connectivity index (χ4n) is 3.21. The van der Waals surface area contributed by atoms with Gasteiger partial charge in [-0.2, -0.15) is 4.98 Å². The molecule has 2 heterocycles. The van der Waals surface area contributed by atoms with E-state index in [-0.39, 0.29) is 24.6 Å². The van der Waals surface area contributed by atoms with Gasteiger partial charge in [-0.1, -0.05) is 30.3 Å². The van der Waals surface area contributed by atoms with Crippen LogP contribution in [0.1, 0.15) is 25.1 Å². The van der Waals surface area contributed by atoms with Crippen LogP contribution in [0.5, 0.6) is 5.88 Å². The first-order valence-corrected chi connectivity index (χ1v) is 9.01. The fraction of sp³-hybridized carbons (Fsp3) is 0.450. The number of carbonyl (C=O) groups excluding carboxylic acids is 1. The number of benzene rings is 1.